The summed E-state index contributed by atoms with van der Waals surface area (Å²) in [5.41, 5.74) is 2.64. The third-order valence-electron chi connectivity index (χ3n) is 5.04. The van der Waals surface area contributed by atoms with Gasteiger partial charge in [0.05, 0.1) is 7.11 Å². The van der Waals surface area contributed by atoms with E-state index in [-0.39, 0.29) is 18.0 Å². The number of benzene rings is 3. The topological polar surface area (TPSA) is 71.4 Å². The van der Waals surface area contributed by atoms with Gasteiger partial charge in [-0.2, -0.15) is 5.26 Å². The van der Waals surface area contributed by atoms with Crippen LogP contribution < -0.4 is 14.8 Å². The summed E-state index contributed by atoms with van der Waals surface area (Å²) in [6.45, 7) is 4.12. The Morgan fingerprint density at radius 2 is 1.85 bits per heavy atom. The molecule has 0 fully saturated rings. The maximum atomic E-state index is 14.0. The van der Waals surface area contributed by atoms with Crippen LogP contribution in [0.5, 0.6) is 11.5 Å². The van der Waals surface area contributed by atoms with Crippen LogP contribution in [0.15, 0.2) is 85.0 Å². The molecule has 0 radical (unpaired) electrons. The van der Waals surface area contributed by atoms with Crippen LogP contribution >= 0.6 is 0 Å². The van der Waals surface area contributed by atoms with Gasteiger partial charge in [-0.05, 0) is 41.8 Å². The van der Waals surface area contributed by atoms with Crippen molar-refractivity contribution in [3.63, 3.8) is 0 Å². The zero-order valence-electron chi connectivity index (χ0n) is 18.9. The van der Waals surface area contributed by atoms with Gasteiger partial charge in [-0.15, -0.1) is 6.58 Å². The molecule has 5 nitrogen and oxygen atoms in total. The Labute approximate surface area is 198 Å². The molecule has 0 saturated heterocycles. The first kappa shape index (κ1) is 24.3. The maximum absolute atomic E-state index is 14.0. The van der Waals surface area contributed by atoms with Crippen molar-refractivity contribution in [1.29, 1.82) is 5.26 Å². The lowest BCUT2D eigenvalue weighted by Crippen LogP contribution is -2.23. The maximum Gasteiger partial charge on any atom is 0.262 e. The molecule has 0 heterocycles. The Morgan fingerprint density at radius 1 is 1.12 bits per heavy atom. The van der Waals surface area contributed by atoms with Crippen LogP contribution in [0.3, 0.4) is 0 Å². The summed E-state index contributed by atoms with van der Waals surface area (Å²) in [7, 11) is 1.49. The minimum atomic E-state index is -0.476. The van der Waals surface area contributed by atoms with Crippen LogP contribution in [-0.2, 0) is 24.4 Å². The van der Waals surface area contributed by atoms with Crippen molar-refractivity contribution in [1.82, 2.24) is 5.32 Å². The largest absolute Gasteiger partial charge is 0.493 e. The lowest BCUT2D eigenvalue weighted by atomic mass is 10.0. The van der Waals surface area contributed by atoms with Crippen LogP contribution in [0.4, 0.5) is 4.39 Å². The molecule has 172 valence electrons. The van der Waals surface area contributed by atoms with Gasteiger partial charge in [-0.1, -0.05) is 54.6 Å². The number of halogens is 1. The first-order valence-corrected chi connectivity index (χ1v) is 10.7. The molecular weight excluding hydrogens is 431 g/mol. The number of nitrogens with zero attached hydrogens (tertiary/aromatic N) is 1. The molecule has 3 rings (SSSR count). The molecular formula is C28H25FN2O3. The van der Waals surface area contributed by atoms with Crippen LogP contribution in [0.25, 0.3) is 6.08 Å². The molecule has 0 aromatic heterocycles. The lowest BCUT2D eigenvalue weighted by Gasteiger charge is -2.16. The summed E-state index contributed by atoms with van der Waals surface area (Å²) in [6.07, 6.45) is 3.65. The number of methoxy groups -OCH3 is 1. The first-order valence-electron chi connectivity index (χ1n) is 10.7. The normalized spacial score (nSPS) is 10.8. The molecule has 3 aromatic carbocycles. The summed E-state index contributed by atoms with van der Waals surface area (Å²) < 4.78 is 25.4. The van der Waals surface area contributed by atoms with Gasteiger partial charge in [-0.3, -0.25) is 4.79 Å². The second kappa shape index (κ2) is 12.0. The van der Waals surface area contributed by atoms with Crippen LogP contribution in [0, 0.1) is 17.1 Å². The molecule has 6 heteroatoms. The smallest absolute Gasteiger partial charge is 0.262 e. The minimum Gasteiger partial charge on any atom is -0.493 e. The van der Waals surface area contributed by atoms with Gasteiger partial charge in [0.15, 0.2) is 11.5 Å². The number of allylic oxidation sites excluding steroid dienone is 1. The molecule has 0 aliphatic rings. The summed E-state index contributed by atoms with van der Waals surface area (Å²) in [6, 6.07) is 21.2. The Kier molecular flexibility index (Phi) is 8.59. The number of ether oxygens (including phenoxy) is 2. The van der Waals surface area contributed by atoms with Crippen molar-refractivity contribution in [2.24, 2.45) is 0 Å². The zero-order chi connectivity index (χ0) is 24.3. The third kappa shape index (κ3) is 6.33. The van der Waals surface area contributed by atoms with Crippen molar-refractivity contribution in [2.45, 2.75) is 19.6 Å². The van der Waals surface area contributed by atoms with E-state index in [0.717, 1.165) is 11.1 Å². The average molecular weight is 457 g/mol. The van der Waals surface area contributed by atoms with Gasteiger partial charge in [-0.25, -0.2) is 4.39 Å². The van der Waals surface area contributed by atoms with E-state index in [4.69, 9.17) is 9.47 Å². The predicted molar refractivity (Wildman–Crippen MR) is 130 cm³/mol. The molecule has 0 spiro atoms. The first-order chi connectivity index (χ1) is 16.5. The number of rotatable bonds is 10. The molecule has 3 aromatic rings. The number of nitriles is 1. The van der Waals surface area contributed by atoms with E-state index in [1.807, 2.05) is 36.4 Å². The fourth-order valence-corrected chi connectivity index (χ4v) is 3.34. The quantitative estimate of drug-likeness (QED) is 0.253. The van der Waals surface area contributed by atoms with E-state index >= 15 is 0 Å². The van der Waals surface area contributed by atoms with Gasteiger partial charge in [0, 0.05) is 17.7 Å². The monoisotopic (exact) mass is 456 g/mol. The molecule has 0 saturated carbocycles. The van der Waals surface area contributed by atoms with Crippen molar-refractivity contribution in [2.75, 3.05) is 7.11 Å². The summed E-state index contributed by atoms with van der Waals surface area (Å²) in [5.74, 6) is 0.0284. The molecule has 0 atom stereocenters. The van der Waals surface area contributed by atoms with Crippen LogP contribution in [-0.4, -0.2) is 13.0 Å². The zero-order valence-corrected chi connectivity index (χ0v) is 18.9. The van der Waals surface area contributed by atoms with Crippen LogP contribution in [0.1, 0.15) is 22.3 Å². The van der Waals surface area contributed by atoms with Gasteiger partial charge in [0.1, 0.15) is 24.1 Å². The molecule has 0 bridgehead atoms. The molecule has 1 amide bonds. The van der Waals surface area contributed by atoms with Crippen LogP contribution in [0.2, 0.25) is 0 Å². The minimum absolute atomic E-state index is 0.0215. The second-order valence-corrected chi connectivity index (χ2v) is 7.42. The predicted octanol–water partition coefficient (Wildman–Crippen LogP) is 5.37. The van der Waals surface area contributed by atoms with Gasteiger partial charge < -0.3 is 14.8 Å². The van der Waals surface area contributed by atoms with Gasteiger partial charge in [0.25, 0.3) is 5.91 Å². The molecule has 1 N–H and O–H groups in total. The highest BCUT2D eigenvalue weighted by Crippen LogP contribution is 2.35. The number of carbonyl (C=O) groups excluding carboxylic acids is 1. The second-order valence-electron chi connectivity index (χ2n) is 7.42. The fraction of sp³-hybridized carbons (Fsp3) is 0.143. The van der Waals surface area contributed by atoms with Crippen molar-refractivity contribution < 1.29 is 18.7 Å². The van der Waals surface area contributed by atoms with Gasteiger partial charge >= 0.3 is 0 Å². The summed E-state index contributed by atoms with van der Waals surface area (Å²) >= 11 is 0. The Bertz CT molecular complexity index is 1230. The standard InChI is InChI=1S/C28H25FN2O3/c1-3-9-22-14-21(15-24(17-30)28(32)31-18-20-10-5-4-6-11-20)16-26(33-2)27(22)34-19-23-12-7-8-13-25(23)29/h3-8,10-16H,1,9,18-19H2,2H3,(H,31,32)/b24-15+. The van der Waals surface area contributed by atoms with E-state index in [1.54, 1.807) is 36.4 Å². The van der Waals surface area contributed by atoms with E-state index in [9.17, 15) is 14.4 Å². The number of nitrogens with one attached hydrogen (secondary N) is 1. The van der Waals surface area contributed by atoms with Crippen molar-refractivity contribution in [3.05, 3.63) is 113 Å². The summed E-state index contributed by atoms with van der Waals surface area (Å²) in [5, 5.41) is 12.3. The highest BCUT2D eigenvalue weighted by Gasteiger charge is 2.15. The number of hydrogen-bond acceptors (Lipinski definition) is 4. The molecule has 0 unspecified atom stereocenters. The van der Waals surface area contributed by atoms with E-state index in [0.29, 0.717) is 35.6 Å². The Balaban J connectivity index is 1.85. The average Bonchev–Trinajstić information content (AvgIpc) is 2.86. The van der Waals surface area contributed by atoms with E-state index in [1.165, 1.54) is 19.3 Å². The van der Waals surface area contributed by atoms with E-state index < -0.39 is 5.91 Å². The van der Waals surface area contributed by atoms with E-state index in [2.05, 4.69) is 11.9 Å². The van der Waals surface area contributed by atoms with Gasteiger partial charge in [0.2, 0.25) is 0 Å². The number of amides is 1. The molecule has 34 heavy (non-hydrogen) atoms. The summed E-state index contributed by atoms with van der Waals surface area (Å²) in [4.78, 5) is 12.6. The molecule has 0 aliphatic heterocycles. The highest BCUT2D eigenvalue weighted by atomic mass is 19.1. The van der Waals surface area contributed by atoms with Crippen molar-refractivity contribution in [3.8, 4) is 17.6 Å². The fourth-order valence-electron chi connectivity index (χ4n) is 3.34. The number of hydrogen-bond donors (Lipinski definition) is 1. The highest BCUT2D eigenvalue weighted by molar-refractivity contribution is 6.01. The Morgan fingerprint density at radius 3 is 2.53 bits per heavy atom. The number of carbonyl (C=O) groups is 1. The Hall–Kier alpha value is -4.37. The third-order valence-corrected chi connectivity index (χ3v) is 5.04. The lowest BCUT2D eigenvalue weighted by molar-refractivity contribution is -0.117. The SMILES string of the molecule is C=CCc1cc(/C=C(\C#N)C(=O)NCc2ccccc2)cc(OC)c1OCc1ccccc1F. The molecule has 0 aliphatic carbocycles. The van der Waals surface area contributed by atoms with Crippen molar-refractivity contribution >= 4 is 12.0 Å².